The van der Waals surface area contributed by atoms with Gasteiger partial charge in [-0.2, -0.15) is 0 Å². The molecule has 24 heavy (non-hydrogen) atoms. The summed E-state index contributed by atoms with van der Waals surface area (Å²) in [6, 6.07) is -1.11. The van der Waals surface area contributed by atoms with Crippen molar-refractivity contribution in [2.45, 2.75) is 25.8 Å². The monoisotopic (exact) mass is 339 g/mol. The minimum atomic E-state index is -1.39. The van der Waals surface area contributed by atoms with Crippen molar-refractivity contribution in [3.8, 4) is 5.88 Å². The number of aliphatic imine (C=N–C) groups is 1. The van der Waals surface area contributed by atoms with Crippen LogP contribution in [0.3, 0.4) is 0 Å². The van der Waals surface area contributed by atoms with Gasteiger partial charge in [0.2, 0.25) is 11.8 Å². The highest BCUT2D eigenvalue weighted by atomic mass is 16.4. The van der Waals surface area contributed by atoms with Gasteiger partial charge in [0.15, 0.2) is 0 Å². The van der Waals surface area contributed by atoms with Crippen LogP contribution in [0.4, 0.5) is 0 Å². The van der Waals surface area contributed by atoms with E-state index in [0.29, 0.717) is 6.42 Å². The molecule has 0 aliphatic heterocycles. The molecule has 1 aromatic rings. The van der Waals surface area contributed by atoms with Crippen LogP contribution < -0.4 is 21.7 Å². The zero-order valence-electron chi connectivity index (χ0n) is 13.6. The molecule has 0 aromatic carbocycles. The number of amides is 1. The summed E-state index contributed by atoms with van der Waals surface area (Å²) in [7, 11) is 2.51. The molecule has 0 saturated carbocycles. The summed E-state index contributed by atoms with van der Waals surface area (Å²) in [4.78, 5) is 49.7. The Labute approximate surface area is 137 Å². The molecular weight excluding hydrogens is 320 g/mol. The number of aromatic hydroxyl groups is 1. The van der Waals surface area contributed by atoms with Gasteiger partial charge in [0.1, 0.15) is 12.1 Å². The third-order valence-corrected chi connectivity index (χ3v) is 3.32. The van der Waals surface area contributed by atoms with Gasteiger partial charge >= 0.3 is 5.69 Å². The number of nitrogens with zero attached hydrogens (tertiary/aromatic N) is 3. The van der Waals surface area contributed by atoms with Gasteiger partial charge in [-0.25, -0.2) is 4.79 Å². The molecule has 0 spiro atoms. The summed E-state index contributed by atoms with van der Waals surface area (Å²) in [5, 5.41) is 22.9. The highest BCUT2D eigenvalue weighted by Gasteiger charge is 2.14. The number of rotatable bonds is 7. The summed E-state index contributed by atoms with van der Waals surface area (Å²) in [6.45, 7) is 1.32. The number of aromatic nitrogens is 2. The molecule has 0 bridgehead atoms. The van der Waals surface area contributed by atoms with Crippen molar-refractivity contribution in [3.63, 3.8) is 0 Å². The largest absolute Gasteiger partial charge is 0.548 e. The van der Waals surface area contributed by atoms with Crippen molar-refractivity contribution >= 4 is 18.1 Å². The number of carbonyl (C=O) groups excluding carboxylic acids is 2. The van der Waals surface area contributed by atoms with Crippen LogP contribution >= 0.6 is 0 Å². The fourth-order valence-electron chi connectivity index (χ4n) is 1.97. The van der Waals surface area contributed by atoms with Crippen molar-refractivity contribution < 1.29 is 19.8 Å². The highest BCUT2D eigenvalue weighted by molar-refractivity contribution is 5.87. The Morgan fingerprint density at radius 2 is 1.96 bits per heavy atom. The van der Waals surface area contributed by atoms with E-state index in [4.69, 9.17) is 0 Å². The average molecular weight is 339 g/mol. The summed E-state index contributed by atoms with van der Waals surface area (Å²) < 4.78 is 1.64. The summed E-state index contributed by atoms with van der Waals surface area (Å²) in [5.41, 5.74) is -1.72. The van der Waals surface area contributed by atoms with Crippen LogP contribution in [-0.4, -0.2) is 44.9 Å². The third-order valence-electron chi connectivity index (χ3n) is 3.32. The first kappa shape index (κ1) is 19.1. The molecule has 0 radical (unpaired) electrons. The molecule has 1 amide bonds. The Balaban J connectivity index is 2.89. The smallest absolute Gasteiger partial charge is 0.333 e. The first-order valence-electron chi connectivity index (χ1n) is 7.19. The van der Waals surface area contributed by atoms with Gasteiger partial charge in [0.05, 0.1) is 12.0 Å². The van der Waals surface area contributed by atoms with Crippen LogP contribution in [0.2, 0.25) is 0 Å². The lowest BCUT2D eigenvalue weighted by molar-refractivity contribution is -0.308. The van der Waals surface area contributed by atoms with Gasteiger partial charge in [0.25, 0.3) is 5.56 Å². The Morgan fingerprint density at radius 1 is 1.33 bits per heavy atom. The van der Waals surface area contributed by atoms with E-state index in [1.807, 2.05) is 0 Å². The van der Waals surface area contributed by atoms with Crippen molar-refractivity contribution in [1.29, 1.82) is 0 Å². The topological polar surface area (TPSA) is 146 Å². The van der Waals surface area contributed by atoms with E-state index in [-0.39, 0.29) is 12.0 Å². The first-order valence-corrected chi connectivity index (χ1v) is 7.19. The zero-order valence-corrected chi connectivity index (χ0v) is 13.6. The Bertz CT molecular complexity index is 777. The summed E-state index contributed by atoms with van der Waals surface area (Å²) in [6.07, 6.45) is 1.73. The maximum absolute atomic E-state index is 11.9. The summed E-state index contributed by atoms with van der Waals surface area (Å²) in [5.74, 6) is -2.64. The van der Waals surface area contributed by atoms with Crippen molar-refractivity contribution in [3.05, 3.63) is 26.4 Å². The van der Waals surface area contributed by atoms with E-state index in [1.165, 1.54) is 14.1 Å². The molecule has 1 aromatic heterocycles. The fourth-order valence-corrected chi connectivity index (χ4v) is 1.97. The van der Waals surface area contributed by atoms with Crippen LogP contribution in [0.15, 0.2) is 14.6 Å². The molecule has 0 fully saturated rings. The molecule has 0 unspecified atom stereocenters. The second-order valence-corrected chi connectivity index (χ2v) is 5.14. The van der Waals surface area contributed by atoms with E-state index in [1.54, 1.807) is 6.92 Å². The lowest BCUT2D eigenvalue weighted by Gasteiger charge is -2.18. The number of carboxylic acid groups (broad SMARTS) is 1. The highest BCUT2D eigenvalue weighted by Crippen LogP contribution is 2.05. The molecule has 10 heteroatoms. The molecule has 0 aliphatic rings. The van der Waals surface area contributed by atoms with Crippen molar-refractivity contribution in [2.75, 3.05) is 6.54 Å². The van der Waals surface area contributed by atoms with Crippen molar-refractivity contribution in [2.24, 2.45) is 19.1 Å². The number of hydrogen-bond donors (Lipinski definition) is 2. The fraction of sp³-hybridized carbons (Fsp3) is 0.500. The second kappa shape index (κ2) is 8.09. The van der Waals surface area contributed by atoms with E-state index in [9.17, 15) is 29.4 Å². The number of nitrogens with one attached hydrogen (secondary N) is 1. The molecular formula is C14H19N4O6-. The molecule has 1 atom stereocenters. The van der Waals surface area contributed by atoms with Crippen LogP contribution in [0, 0.1) is 0 Å². The van der Waals surface area contributed by atoms with Crippen LogP contribution in [0.5, 0.6) is 5.88 Å². The van der Waals surface area contributed by atoms with Gasteiger partial charge in [-0.1, -0.05) is 13.3 Å². The quantitative estimate of drug-likeness (QED) is 0.515. The third kappa shape index (κ3) is 4.31. The van der Waals surface area contributed by atoms with E-state index in [2.05, 4.69) is 10.3 Å². The lowest BCUT2D eigenvalue weighted by atomic mass is 10.1. The standard InChI is InChI=1S/C14H20N4O6/c1-4-5-9(13(22)23)16-10(19)7-15-6-8-11(20)17(2)14(24)18(3)12(8)21/h6,9,20H,4-5,7H2,1-3H3,(H,16,19)(H,22,23)/p-1/t9-/m0/s1. The molecule has 0 aliphatic carbocycles. The molecule has 132 valence electrons. The number of aliphatic carboxylic acids is 1. The molecule has 1 heterocycles. The summed E-state index contributed by atoms with van der Waals surface area (Å²) >= 11 is 0. The van der Waals surface area contributed by atoms with Gasteiger partial charge in [-0.05, 0) is 6.42 Å². The maximum atomic E-state index is 11.9. The minimum absolute atomic E-state index is 0.222. The zero-order chi connectivity index (χ0) is 18.4. The predicted molar refractivity (Wildman–Crippen MR) is 82.9 cm³/mol. The molecule has 0 saturated heterocycles. The first-order chi connectivity index (χ1) is 11.2. The van der Waals surface area contributed by atoms with Crippen molar-refractivity contribution in [1.82, 2.24) is 14.5 Å². The van der Waals surface area contributed by atoms with Crippen LogP contribution in [-0.2, 0) is 23.7 Å². The van der Waals surface area contributed by atoms with E-state index in [0.717, 1.165) is 15.3 Å². The number of hydrogen-bond acceptors (Lipinski definition) is 7. The minimum Gasteiger partial charge on any atom is -0.548 e. The van der Waals surface area contributed by atoms with Crippen LogP contribution in [0.1, 0.15) is 25.3 Å². The second-order valence-electron chi connectivity index (χ2n) is 5.14. The van der Waals surface area contributed by atoms with E-state index < -0.39 is 41.6 Å². The molecule has 1 rings (SSSR count). The van der Waals surface area contributed by atoms with E-state index >= 15 is 0 Å². The molecule has 2 N–H and O–H groups in total. The van der Waals surface area contributed by atoms with Gasteiger partial charge < -0.3 is 20.3 Å². The Kier molecular flexibility index (Phi) is 6.45. The van der Waals surface area contributed by atoms with Gasteiger partial charge in [-0.3, -0.25) is 23.7 Å². The number of carboxylic acids is 1. The Hall–Kier alpha value is -2.91. The lowest BCUT2D eigenvalue weighted by Crippen LogP contribution is -2.48. The van der Waals surface area contributed by atoms with Gasteiger partial charge in [0, 0.05) is 20.3 Å². The molecule has 10 nitrogen and oxygen atoms in total. The normalized spacial score (nSPS) is 12.3. The SMILES string of the molecule is CCC[C@H](NC(=O)CN=Cc1c(O)n(C)c(=O)n(C)c1=O)C(=O)[O-]. The maximum Gasteiger partial charge on any atom is 0.333 e. The average Bonchev–Trinajstić information content (AvgIpc) is 2.53. The number of carbonyl (C=O) groups is 2. The van der Waals surface area contributed by atoms with Crippen LogP contribution in [0.25, 0.3) is 0 Å². The predicted octanol–water partition coefficient (Wildman–Crippen LogP) is -2.76. The van der Waals surface area contributed by atoms with Gasteiger partial charge in [-0.15, -0.1) is 0 Å². The Morgan fingerprint density at radius 3 is 2.50 bits per heavy atom.